The zero-order valence-corrected chi connectivity index (χ0v) is 14.1. The third-order valence-corrected chi connectivity index (χ3v) is 3.74. The highest BCUT2D eigenvalue weighted by atomic mass is 79.9. The smallest absolute Gasteiger partial charge is 0.268 e. The van der Waals surface area contributed by atoms with Crippen LogP contribution in [0.2, 0.25) is 0 Å². The number of benzene rings is 1. The van der Waals surface area contributed by atoms with Crippen molar-refractivity contribution in [2.24, 2.45) is 0 Å². The third kappa shape index (κ3) is 3.20. The Balaban J connectivity index is 2.84. The van der Waals surface area contributed by atoms with Crippen molar-refractivity contribution in [2.75, 3.05) is 5.73 Å². The Kier molecular flexibility index (Phi) is 4.73. The molecule has 1 aromatic carbocycles. The molecule has 0 aliphatic rings. The molecule has 0 aliphatic carbocycles. The van der Waals surface area contributed by atoms with Gasteiger partial charge >= 0.3 is 0 Å². The lowest BCUT2D eigenvalue weighted by molar-refractivity contribution is 0.242. The predicted molar refractivity (Wildman–Crippen MR) is 89.8 cm³/mol. The van der Waals surface area contributed by atoms with Crippen LogP contribution in [0, 0.1) is 22.7 Å². The van der Waals surface area contributed by atoms with E-state index in [2.05, 4.69) is 20.9 Å². The fourth-order valence-electron chi connectivity index (χ4n) is 2.15. The summed E-state index contributed by atoms with van der Waals surface area (Å²) in [5.74, 6) is 0.485. The minimum Gasteiger partial charge on any atom is -0.491 e. The Morgan fingerprint density at radius 3 is 2.48 bits per heavy atom. The molecule has 1 heterocycles. The number of nitrogens with two attached hydrogens (primary N) is 1. The molecule has 1 aromatic heterocycles. The summed E-state index contributed by atoms with van der Waals surface area (Å²) < 4.78 is 6.25. The monoisotopic (exact) mass is 372 g/mol. The molecule has 2 aromatic rings. The SMILES string of the molecule is CC(C)Oc1ccc(Br)c(-c2c(C#N)c(N)[nH]c(=O)c2C#N)c1. The molecular formula is C16H13BrN4O2. The number of aromatic nitrogens is 1. The average molecular weight is 373 g/mol. The highest BCUT2D eigenvalue weighted by molar-refractivity contribution is 9.10. The first kappa shape index (κ1) is 16.6. The van der Waals surface area contributed by atoms with Gasteiger partial charge in [-0.2, -0.15) is 10.5 Å². The summed E-state index contributed by atoms with van der Waals surface area (Å²) in [4.78, 5) is 14.3. The number of anilines is 1. The first-order valence-electron chi connectivity index (χ1n) is 6.71. The maximum atomic E-state index is 12.0. The van der Waals surface area contributed by atoms with Gasteiger partial charge in [0.2, 0.25) is 0 Å². The van der Waals surface area contributed by atoms with E-state index in [1.165, 1.54) is 0 Å². The first-order chi connectivity index (χ1) is 10.9. The van der Waals surface area contributed by atoms with E-state index >= 15 is 0 Å². The summed E-state index contributed by atoms with van der Waals surface area (Å²) in [6, 6.07) is 8.93. The standard InChI is InChI=1S/C16H13BrN4O2/c1-8(2)23-9-3-4-13(17)10(5-9)14-11(6-18)15(20)21-16(22)12(14)7-19/h3-5,8H,1-2H3,(H3,20,21,22). The van der Waals surface area contributed by atoms with Crippen LogP contribution in [0.15, 0.2) is 27.5 Å². The molecule has 3 N–H and O–H groups in total. The Morgan fingerprint density at radius 1 is 1.26 bits per heavy atom. The molecule has 23 heavy (non-hydrogen) atoms. The van der Waals surface area contributed by atoms with Gasteiger partial charge in [0.15, 0.2) is 0 Å². The Labute approximate surface area is 141 Å². The summed E-state index contributed by atoms with van der Waals surface area (Å²) in [7, 11) is 0. The normalized spacial score (nSPS) is 10.2. The minimum absolute atomic E-state index is 0.0425. The van der Waals surface area contributed by atoms with Gasteiger partial charge in [-0.1, -0.05) is 15.9 Å². The molecule has 0 bridgehead atoms. The van der Waals surface area contributed by atoms with Crippen molar-refractivity contribution >= 4 is 21.7 Å². The van der Waals surface area contributed by atoms with E-state index in [1.807, 2.05) is 26.0 Å². The number of pyridine rings is 1. The van der Waals surface area contributed by atoms with E-state index in [4.69, 9.17) is 10.5 Å². The van der Waals surface area contributed by atoms with E-state index < -0.39 is 5.56 Å². The average Bonchev–Trinajstić information content (AvgIpc) is 2.48. The topological polar surface area (TPSA) is 116 Å². The van der Waals surface area contributed by atoms with Gasteiger partial charge in [-0.05, 0) is 32.0 Å². The van der Waals surface area contributed by atoms with Gasteiger partial charge in [-0.3, -0.25) is 4.79 Å². The summed E-state index contributed by atoms with van der Waals surface area (Å²) in [5, 5.41) is 18.7. The van der Waals surface area contributed by atoms with E-state index in [0.717, 1.165) is 0 Å². The van der Waals surface area contributed by atoms with E-state index in [1.54, 1.807) is 18.2 Å². The van der Waals surface area contributed by atoms with Crippen molar-refractivity contribution in [2.45, 2.75) is 20.0 Å². The molecular weight excluding hydrogens is 360 g/mol. The lowest BCUT2D eigenvalue weighted by Gasteiger charge is -2.14. The number of aromatic amines is 1. The van der Waals surface area contributed by atoms with Gasteiger partial charge in [0.05, 0.1) is 6.10 Å². The van der Waals surface area contributed by atoms with Gasteiger partial charge < -0.3 is 15.5 Å². The van der Waals surface area contributed by atoms with Gasteiger partial charge in [0, 0.05) is 15.6 Å². The quantitative estimate of drug-likeness (QED) is 0.858. The number of H-pyrrole nitrogens is 1. The number of halogens is 1. The highest BCUT2D eigenvalue weighted by Gasteiger charge is 2.20. The van der Waals surface area contributed by atoms with Gasteiger partial charge in [-0.25, -0.2) is 0 Å². The molecule has 0 saturated carbocycles. The van der Waals surface area contributed by atoms with E-state index in [9.17, 15) is 15.3 Å². The van der Waals surface area contributed by atoms with Crippen LogP contribution in [0.3, 0.4) is 0 Å². The van der Waals surface area contributed by atoms with Crippen LogP contribution in [-0.2, 0) is 0 Å². The molecule has 2 rings (SSSR count). The second kappa shape index (κ2) is 6.55. The molecule has 116 valence electrons. The fraction of sp³-hybridized carbons (Fsp3) is 0.188. The Morgan fingerprint density at radius 2 is 1.91 bits per heavy atom. The van der Waals surface area contributed by atoms with Crippen LogP contribution >= 0.6 is 15.9 Å². The number of rotatable bonds is 3. The van der Waals surface area contributed by atoms with Crippen molar-refractivity contribution in [3.63, 3.8) is 0 Å². The maximum absolute atomic E-state index is 12.0. The lowest BCUT2D eigenvalue weighted by Crippen LogP contribution is -2.16. The van der Waals surface area contributed by atoms with Crippen LogP contribution < -0.4 is 16.0 Å². The molecule has 0 radical (unpaired) electrons. The van der Waals surface area contributed by atoms with E-state index in [-0.39, 0.29) is 28.6 Å². The van der Waals surface area contributed by atoms with Crippen molar-refractivity contribution in [3.05, 3.63) is 44.2 Å². The zero-order chi connectivity index (χ0) is 17.1. The summed E-state index contributed by atoms with van der Waals surface area (Å²) in [6.07, 6.45) is -0.0425. The summed E-state index contributed by atoms with van der Waals surface area (Å²) in [6.45, 7) is 3.77. The van der Waals surface area contributed by atoms with Crippen LogP contribution in [0.1, 0.15) is 25.0 Å². The Bertz CT molecular complexity index is 904. The molecule has 0 unspecified atom stereocenters. The lowest BCUT2D eigenvalue weighted by atomic mass is 9.96. The molecule has 0 atom stereocenters. The summed E-state index contributed by atoms with van der Waals surface area (Å²) >= 11 is 3.38. The number of nitrogens with one attached hydrogen (secondary N) is 1. The van der Waals surface area contributed by atoms with Crippen molar-refractivity contribution < 1.29 is 4.74 Å². The minimum atomic E-state index is -0.638. The van der Waals surface area contributed by atoms with Crippen molar-refractivity contribution in [1.82, 2.24) is 4.98 Å². The van der Waals surface area contributed by atoms with Gasteiger partial charge in [-0.15, -0.1) is 0 Å². The molecule has 0 aliphatic heterocycles. The van der Waals surface area contributed by atoms with Crippen LogP contribution in [-0.4, -0.2) is 11.1 Å². The number of hydrogen-bond acceptors (Lipinski definition) is 5. The second-order valence-electron chi connectivity index (χ2n) is 5.02. The number of hydrogen-bond donors (Lipinski definition) is 2. The molecule has 0 fully saturated rings. The van der Waals surface area contributed by atoms with Gasteiger partial charge in [0.1, 0.15) is 34.8 Å². The van der Waals surface area contributed by atoms with E-state index in [0.29, 0.717) is 15.8 Å². The molecule has 0 amide bonds. The summed E-state index contributed by atoms with van der Waals surface area (Å²) in [5.41, 5.74) is 5.65. The van der Waals surface area contributed by atoms with Crippen LogP contribution in [0.25, 0.3) is 11.1 Å². The largest absolute Gasteiger partial charge is 0.491 e. The highest BCUT2D eigenvalue weighted by Crippen LogP contribution is 2.36. The zero-order valence-electron chi connectivity index (χ0n) is 12.5. The number of nitriles is 2. The maximum Gasteiger partial charge on any atom is 0.268 e. The second-order valence-corrected chi connectivity index (χ2v) is 5.88. The van der Waals surface area contributed by atoms with Crippen LogP contribution in [0.5, 0.6) is 5.75 Å². The Hall–Kier alpha value is -2.77. The number of nitrogen functional groups attached to an aromatic ring is 1. The van der Waals surface area contributed by atoms with Crippen molar-refractivity contribution in [1.29, 1.82) is 10.5 Å². The fourth-order valence-corrected chi connectivity index (χ4v) is 2.60. The van der Waals surface area contributed by atoms with Crippen LogP contribution in [0.4, 0.5) is 5.82 Å². The number of nitrogens with zero attached hydrogens (tertiary/aromatic N) is 2. The predicted octanol–water partition coefficient (Wildman–Crippen LogP) is 2.92. The molecule has 0 spiro atoms. The first-order valence-corrected chi connectivity index (χ1v) is 7.50. The van der Waals surface area contributed by atoms with Gasteiger partial charge in [0.25, 0.3) is 5.56 Å². The molecule has 6 nitrogen and oxygen atoms in total. The molecule has 0 saturated heterocycles. The number of ether oxygens (including phenoxy) is 1. The van der Waals surface area contributed by atoms with Crippen molar-refractivity contribution in [3.8, 4) is 29.0 Å². The third-order valence-electron chi connectivity index (χ3n) is 3.05. The molecule has 7 heteroatoms.